The van der Waals surface area contributed by atoms with E-state index in [1.165, 1.54) is 11.0 Å². The van der Waals surface area contributed by atoms with Gasteiger partial charge in [-0.15, -0.1) is 4.40 Å². The zero-order valence-corrected chi connectivity index (χ0v) is 15.7. The van der Waals surface area contributed by atoms with Crippen molar-refractivity contribution in [3.63, 3.8) is 0 Å². The number of carbonyl (C=O) groups excluding carboxylic acids is 1. The van der Waals surface area contributed by atoms with E-state index in [-0.39, 0.29) is 23.8 Å². The van der Waals surface area contributed by atoms with Crippen LogP contribution in [0.2, 0.25) is 0 Å². The summed E-state index contributed by atoms with van der Waals surface area (Å²) in [6.07, 6.45) is 1.35. The molecule has 0 bridgehead atoms. The Labute approximate surface area is 153 Å². The first-order valence-electron chi connectivity index (χ1n) is 8.41. The number of fused-ring (bicyclic) bond motifs is 1. The molecule has 0 aliphatic carbocycles. The van der Waals surface area contributed by atoms with Crippen LogP contribution < -0.4 is 0 Å². The Kier molecular flexibility index (Phi) is 6.36. The van der Waals surface area contributed by atoms with E-state index in [1.807, 2.05) is 6.92 Å². The third-order valence-electron chi connectivity index (χ3n) is 4.03. The molecule has 0 saturated carbocycles. The maximum atomic E-state index is 12.2. The van der Waals surface area contributed by atoms with Crippen molar-refractivity contribution in [1.82, 2.24) is 9.80 Å². The smallest absolute Gasteiger partial charge is 0.323 e. The lowest BCUT2D eigenvalue weighted by atomic mass is 10.2. The third kappa shape index (κ3) is 4.60. The van der Waals surface area contributed by atoms with Crippen molar-refractivity contribution in [2.24, 2.45) is 4.40 Å². The van der Waals surface area contributed by atoms with E-state index in [4.69, 9.17) is 5.11 Å². The first-order valence-corrected chi connectivity index (χ1v) is 9.85. The second kappa shape index (κ2) is 8.31. The van der Waals surface area contributed by atoms with Gasteiger partial charge < -0.3 is 14.9 Å². The maximum Gasteiger partial charge on any atom is 0.323 e. The van der Waals surface area contributed by atoms with E-state index < -0.39 is 16.0 Å². The van der Waals surface area contributed by atoms with Crippen LogP contribution in [0.1, 0.15) is 31.7 Å². The fourth-order valence-electron chi connectivity index (χ4n) is 2.82. The average Bonchev–Trinajstić information content (AvgIpc) is 2.86. The fraction of sp³-hybridized carbons (Fsp3) is 0.471. The van der Waals surface area contributed by atoms with E-state index in [2.05, 4.69) is 4.40 Å². The van der Waals surface area contributed by atoms with Crippen molar-refractivity contribution < 1.29 is 23.1 Å². The average molecular weight is 381 g/mol. The largest absolute Gasteiger partial charge is 0.480 e. The number of carboxylic acid groups (broad SMARTS) is 1. The molecular formula is C17H23N3O5S. The molecule has 0 saturated heterocycles. The Morgan fingerprint density at radius 3 is 2.54 bits per heavy atom. The van der Waals surface area contributed by atoms with Crippen LogP contribution in [0.3, 0.4) is 0 Å². The quantitative estimate of drug-likeness (QED) is 0.724. The molecule has 0 fully saturated rings. The van der Waals surface area contributed by atoms with Crippen molar-refractivity contribution in [3.8, 4) is 0 Å². The molecule has 1 N–H and O–H groups in total. The SMILES string of the molecule is CCCN(CC(=O)O)C(=O)CCCN(C)C1=NS(=O)(=O)c2ccccc21. The number of hydrogen-bond donors (Lipinski definition) is 1. The van der Waals surface area contributed by atoms with E-state index in [9.17, 15) is 18.0 Å². The Bertz CT molecular complexity index is 819. The summed E-state index contributed by atoms with van der Waals surface area (Å²) in [5, 5.41) is 8.88. The third-order valence-corrected chi connectivity index (χ3v) is 5.36. The predicted molar refractivity (Wildman–Crippen MR) is 96.5 cm³/mol. The lowest BCUT2D eigenvalue weighted by Gasteiger charge is -2.22. The second-order valence-corrected chi connectivity index (χ2v) is 7.69. The number of nitrogens with zero attached hydrogens (tertiary/aromatic N) is 3. The molecule has 1 amide bonds. The van der Waals surface area contributed by atoms with Crippen LogP contribution in [0.15, 0.2) is 33.6 Å². The normalized spacial score (nSPS) is 14.5. The van der Waals surface area contributed by atoms with Gasteiger partial charge in [-0.05, 0) is 25.0 Å². The van der Waals surface area contributed by atoms with E-state index in [0.29, 0.717) is 37.3 Å². The highest BCUT2D eigenvalue weighted by Gasteiger charge is 2.30. The van der Waals surface area contributed by atoms with Gasteiger partial charge in [-0.2, -0.15) is 8.42 Å². The number of rotatable bonds is 8. The first kappa shape index (κ1) is 19.9. The number of carboxylic acids is 1. The predicted octanol–water partition coefficient (Wildman–Crippen LogP) is 1.17. The summed E-state index contributed by atoms with van der Waals surface area (Å²) in [7, 11) is -1.95. The van der Waals surface area contributed by atoms with E-state index in [1.54, 1.807) is 30.1 Å². The number of sulfonamides is 1. The molecule has 2 rings (SSSR count). The molecule has 0 radical (unpaired) electrons. The van der Waals surface area contributed by atoms with Crippen LogP contribution in [0.25, 0.3) is 0 Å². The van der Waals surface area contributed by atoms with Gasteiger partial charge in [-0.3, -0.25) is 9.59 Å². The first-order chi connectivity index (χ1) is 12.3. The molecule has 8 nitrogen and oxygen atoms in total. The molecule has 1 aromatic rings. The monoisotopic (exact) mass is 381 g/mol. The van der Waals surface area contributed by atoms with Gasteiger partial charge in [0.15, 0.2) is 0 Å². The van der Waals surface area contributed by atoms with Crippen LogP contribution in [-0.2, 0) is 19.6 Å². The minimum absolute atomic E-state index is 0.188. The molecule has 1 aliphatic heterocycles. The molecule has 0 unspecified atom stereocenters. The molecule has 0 aromatic heterocycles. The highest BCUT2D eigenvalue weighted by Crippen LogP contribution is 2.26. The summed E-state index contributed by atoms with van der Waals surface area (Å²) >= 11 is 0. The van der Waals surface area contributed by atoms with Crippen molar-refractivity contribution >= 4 is 27.7 Å². The van der Waals surface area contributed by atoms with E-state index >= 15 is 0 Å². The molecule has 0 atom stereocenters. The number of carbonyl (C=O) groups is 2. The Balaban J connectivity index is 1.96. The van der Waals surface area contributed by atoms with Crippen molar-refractivity contribution in [3.05, 3.63) is 29.8 Å². The van der Waals surface area contributed by atoms with Gasteiger partial charge in [0.05, 0.1) is 0 Å². The topological polar surface area (TPSA) is 107 Å². The van der Waals surface area contributed by atoms with Crippen molar-refractivity contribution in [1.29, 1.82) is 0 Å². The summed E-state index contributed by atoms with van der Waals surface area (Å²) in [5.41, 5.74) is 0.555. The van der Waals surface area contributed by atoms with Gasteiger partial charge in [-0.25, -0.2) is 0 Å². The van der Waals surface area contributed by atoms with Crippen LogP contribution in [-0.4, -0.2) is 67.7 Å². The van der Waals surface area contributed by atoms with Crippen LogP contribution in [0, 0.1) is 0 Å². The van der Waals surface area contributed by atoms with Gasteiger partial charge in [0.25, 0.3) is 10.0 Å². The minimum atomic E-state index is -3.67. The molecule has 9 heteroatoms. The zero-order chi connectivity index (χ0) is 19.3. The number of aliphatic carboxylic acids is 1. The van der Waals surface area contributed by atoms with Gasteiger partial charge in [0.1, 0.15) is 17.3 Å². The molecule has 0 spiro atoms. The maximum absolute atomic E-state index is 12.2. The highest BCUT2D eigenvalue weighted by molar-refractivity contribution is 7.90. The molecular weight excluding hydrogens is 358 g/mol. The van der Waals surface area contributed by atoms with Crippen molar-refractivity contribution in [2.45, 2.75) is 31.1 Å². The Hall–Kier alpha value is -2.42. The lowest BCUT2D eigenvalue weighted by molar-refractivity contribution is -0.144. The van der Waals surface area contributed by atoms with Crippen LogP contribution >= 0.6 is 0 Å². The Morgan fingerprint density at radius 2 is 1.88 bits per heavy atom. The highest BCUT2D eigenvalue weighted by atomic mass is 32.2. The molecule has 26 heavy (non-hydrogen) atoms. The summed E-state index contributed by atoms with van der Waals surface area (Å²) in [6, 6.07) is 6.63. The fourth-order valence-corrected chi connectivity index (χ4v) is 4.07. The number of hydrogen-bond acceptors (Lipinski definition) is 5. The second-order valence-electron chi connectivity index (χ2n) is 6.12. The van der Waals surface area contributed by atoms with Gasteiger partial charge in [0.2, 0.25) is 5.91 Å². The van der Waals surface area contributed by atoms with Crippen LogP contribution in [0.4, 0.5) is 0 Å². The van der Waals surface area contributed by atoms with Gasteiger partial charge in [0, 0.05) is 32.1 Å². The standard InChI is InChI=1S/C17H23N3O5S/c1-3-10-20(12-16(22)23)15(21)9-6-11-19(2)17-13-7-4-5-8-14(13)26(24,25)18-17/h4-5,7-8H,3,6,9-12H2,1-2H3,(H,22,23). The zero-order valence-electron chi connectivity index (χ0n) is 14.9. The number of amidine groups is 1. The minimum Gasteiger partial charge on any atom is -0.480 e. The van der Waals surface area contributed by atoms with Gasteiger partial charge >= 0.3 is 5.97 Å². The summed E-state index contributed by atoms with van der Waals surface area (Å²) in [6.45, 7) is 2.41. The Morgan fingerprint density at radius 1 is 1.19 bits per heavy atom. The molecule has 1 aromatic carbocycles. The molecule has 1 heterocycles. The molecule has 1 aliphatic rings. The number of amides is 1. The summed E-state index contributed by atoms with van der Waals surface area (Å²) in [4.78, 5) is 26.3. The summed E-state index contributed by atoms with van der Waals surface area (Å²) in [5.74, 6) is -0.890. The molecule has 142 valence electrons. The lowest BCUT2D eigenvalue weighted by Crippen LogP contribution is -2.36. The summed E-state index contributed by atoms with van der Waals surface area (Å²) < 4.78 is 28.0. The van der Waals surface area contributed by atoms with Crippen molar-refractivity contribution in [2.75, 3.05) is 26.7 Å². The number of benzene rings is 1. The van der Waals surface area contributed by atoms with E-state index in [0.717, 1.165) is 0 Å². The van der Waals surface area contributed by atoms with Crippen LogP contribution in [0.5, 0.6) is 0 Å². The van der Waals surface area contributed by atoms with Gasteiger partial charge in [-0.1, -0.05) is 19.1 Å².